The second-order valence-electron chi connectivity index (χ2n) is 3.66. The molecule has 0 aliphatic heterocycles. The Morgan fingerprint density at radius 3 is 2.26 bits per heavy atom. The molecule has 1 heterocycles. The quantitative estimate of drug-likeness (QED) is 0.877. The molecule has 0 unspecified atom stereocenters. The molecule has 0 spiro atoms. The average molecular weight is 301 g/mol. The number of alkyl halides is 3. The van der Waals surface area contributed by atoms with Crippen molar-refractivity contribution in [2.75, 3.05) is 6.54 Å². The molecule has 0 amide bonds. The summed E-state index contributed by atoms with van der Waals surface area (Å²) in [5, 5.41) is 8.88. The number of sulfonamides is 1. The monoisotopic (exact) mass is 301 g/mol. The SMILES string of the molecule is Cc1oc(C)c(S(=O)(=O)NCC(F)(F)F)c1C(=O)O. The summed E-state index contributed by atoms with van der Waals surface area (Å²) >= 11 is 0. The second kappa shape index (κ2) is 4.85. The summed E-state index contributed by atoms with van der Waals surface area (Å²) in [4.78, 5) is 10.1. The first kappa shape index (κ1) is 15.5. The van der Waals surface area contributed by atoms with E-state index in [4.69, 9.17) is 9.52 Å². The third-order valence-corrected chi connectivity index (χ3v) is 3.70. The van der Waals surface area contributed by atoms with Crippen LogP contribution in [0.1, 0.15) is 21.9 Å². The van der Waals surface area contributed by atoms with Gasteiger partial charge in [0.2, 0.25) is 10.0 Å². The highest BCUT2D eigenvalue weighted by atomic mass is 32.2. The van der Waals surface area contributed by atoms with Gasteiger partial charge in [-0.3, -0.25) is 0 Å². The average Bonchev–Trinajstić information content (AvgIpc) is 2.50. The van der Waals surface area contributed by atoms with Crippen LogP contribution in [-0.2, 0) is 10.0 Å². The molecule has 0 aromatic carbocycles. The van der Waals surface area contributed by atoms with E-state index in [9.17, 15) is 26.4 Å². The zero-order chi connectivity index (χ0) is 15.0. The number of carboxylic acid groups (broad SMARTS) is 1. The maximum absolute atomic E-state index is 12.0. The highest BCUT2D eigenvalue weighted by Gasteiger charge is 2.35. The maximum atomic E-state index is 12.0. The summed E-state index contributed by atoms with van der Waals surface area (Å²) < 4.78 is 65.5. The minimum atomic E-state index is -4.75. The van der Waals surface area contributed by atoms with Crippen LogP contribution in [0.25, 0.3) is 0 Å². The fourth-order valence-corrected chi connectivity index (χ4v) is 2.90. The summed E-state index contributed by atoms with van der Waals surface area (Å²) in [5.74, 6) is -2.08. The molecule has 0 atom stereocenters. The highest BCUT2D eigenvalue weighted by molar-refractivity contribution is 7.89. The van der Waals surface area contributed by atoms with Crippen LogP contribution in [0.4, 0.5) is 13.2 Å². The molecule has 10 heteroatoms. The molecule has 0 bridgehead atoms. The third kappa shape index (κ3) is 3.47. The normalized spacial score (nSPS) is 12.7. The van der Waals surface area contributed by atoms with Gasteiger partial charge in [-0.05, 0) is 13.8 Å². The van der Waals surface area contributed by atoms with Crippen molar-refractivity contribution in [3.05, 3.63) is 17.1 Å². The molecule has 1 rings (SSSR count). The van der Waals surface area contributed by atoms with Gasteiger partial charge >= 0.3 is 12.1 Å². The van der Waals surface area contributed by atoms with Gasteiger partial charge in [0.25, 0.3) is 0 Å². The summed E-state index contributed by atoms with van der Waals surface area (Å²) in [6, 6.07) is 0. The van der Waals surface area contributed by atoms with E-state index in [1.165, 1.54) is 11.6 Å². The number of aromatic carboxylic acids is 1. The van der Waals surface area contributed by atoms with Crippen molar-refractivity contribution in [2.24, 2.45) is 0 Å². The molecular weight excluding hydrogens is 291 g/mol. The molecule has 0 saturated carbocycles. The Kier molecular flexibility index (Phi) is 3.96. The first-order chi connectivity index (χ1) is 8.46. The van der Waals surface area contributed by atoms with E-state index in [2.05, 4.69) is 0 Å². The number of hydrogen-bond acceptors (Lipinski definition) is 4. The van der Waals surface area contributed by atoms with Crippen molar-refractivity contribution in [3.63, 3.8) is 0 Å². The van der Waals surface area contributed by atoms with Gasteiger partial charge in [-0.25, -0.2) is 17.9 Å². The topological polar surface area (TPSA) is 96.6 Å². The van der Waals surface area contributed by atoms with Crippen LogP contribution >= 0.6 is 0 Å². The molecule has 6 nitrogen and oxygen atoms in total. The minimum absolute atomic E-state index is 0.197. The summed E-state index contributed by atoms with van der Waals surface area (Å²) in [6.07, 6.45) is -4.75. The highest BCUT2D eigenvalue weighted by Crippen LogP contribution is 2.27. The van der Waals surface area contributed by atoms with Crippen LogP contribution < -0.4 is 4.72 Å². The number of furan rings is 1. The lowest BCUT2D eigenvalue weighted by molar-refractivity contribution is -0.121. The lowest BCUT2D eigenvalue weighted by atomic mass is 10.2. The molecule has 19 heavy (non-hydrogen) atoms. The molecular formula is C9H10F3NO5S. The number of carbonyl (C=O) groups is 1. The zero-order valence-electron chi connectivity index (χ0n) is 9.83. The first-order valence-corrected chi connectivity index (χ1v) is 6.33. The van der Waals surface area contributed by atoms with E-state index < -0.39 is 39.2 Å². The van der Waals surface area contributed by atoms with Gasteiger partial charge in [-0.1, -0.05) is 0 Å². The van der Waals surface area contributed by atoms with Crippen molar-refractivity contribution in [1.29, 1.82) is 0 Å². The molecule has 0 fully saturated rings. The number of halogens is 3. The lowest BCUT2D eigenvalue weighted by Crippen LogP contribution is -2.34. The molecule has 0 aliphatic carbocycles. The minimum Gasteiger partial charge on any atom is -0.478 e. The molecule has 1 aromatic rings. The number of nitrogens with one attached hydrogen (secondary N) is 1. The van der Waals surface area contributed by atoms with Gasteiger partial charge in [-0.2, -0.15) is 13.2 Å². The Hall–Kier alpha value is -1.55. The Morgan fingerprint density at radius 2 is 1.84 bits per heavy atom. The van der Waals surface area contributed by atoms with E-state index in [0.717, 1.165) is 6.92 Å². The van der Waals surface area contributed by atoms with Gasteiger partial charge < -0.3 is 9.52 Å². The van der Waals surface area contributed by atoms with Crippen LogP contribution in [0, 0.1) is 13.8 Å². The zero-order valence-corrected chi connectivity index (χ0v) is 10.6. The molecule has 0 radical (unpaired) electrons. The molecule has 0 aliphatic rings. The third-order valence-electron chi connectivity index (χ3n) is 2.15. The Morgan fingerprint density at radius 1 is 1.32 bits per heavy atom. The molecule has 0 saturated heterocycles. The number of carboxylic acids is 1. The van der Waals surface area contributed by atoms with Crippen molar-refractivity contribution >= 4 is 16.0 Å². The lowest BCUT2D eigenvalue weighted by Gasteiger charge is -2.09. The van der Waals surface area contributed by atoms with E-state index >= 15 is 0 Å². The predicted molar refractivity (Wildman–Crippen MR) is 56.4 cm³/mol. The molecule has 108 valence electrons. The van der Waals surface area contributed by atoms with Crippen LogP contribution in [0.3, 0.4) is 0 Å². The van der Waals surface area contributed by atoms with Gasteiger partial charge in [0, 0.05) is 0 Å². The molecule has 1 aromatic heterocycles. The summed E-state index contributed by atoms with van der Waals surface area (Å²) in [6.45, 7) is 0.568. The van der Waals surface area contributed by atoms with E-state index in [-0.39, 0.29) is 11.5 Å². The van der Waals surface area contributed by atoms with Gasteiger partial charge in [-0.15, -0.1) is 0 Å². The summed E-state index contributed by atoms with van der Waals surface area (Å²) in [5.41, 5.74) is -0.674. The Labute approximate surface area is 106 Å². The maximum Gasteiger partial charge on any atom is 0.402 e. The van der Waals surface area contributed by atoms with Crippen LogP contribution in [-0.4, -0.2) is 32.2 Å². The molecule has 2 N–H and O–H groups in total. The predicted octanol–water partition coefficient (Wildman–Crippen LogP) is 1.44. The van der Waals surface area contributed by atoms with Crippen LogP contribution in [0.5, 0.6) is 0 Å². The van der Waals surface area contributed by atoms with Gasteiger partial charge in [0.1, 0.15) is 28.5 Å². The number of rotatable bonds is 4. The second-order valence-corrected chi connectivity index (χ2v) is 5.37. The number of aryl methyl sites for hydroxylation is 2. The van der Waals surface area contributed by atoms with E-state index in [1.54, 1.807) is 0 Å². The standard InChI is InChI=1S/C9H10F3NO5S/c1-4-6(8(14)15)7(5(2)18-4)19(16,17)13-3-9(10,11)12/h13H,3H2,1-2H3,(H,14,15). The Bertz CT molecular complexity index is 602. The van der Waals surface area contributed by atoms with Crippen molar-refractivity contribution in [3.8, 4) is 0 Å². The van der Waals surface area contributed by atoms with Crippen molar-refractivity contribution in [1.82, 2.24) is 4.72 Å². The van der Waals surface area contributed by atoms with Gasteiger partial charge in [0.15, 0.2) is 0 Å². The first-order valence-electron chi connectivity index (χ1n) is 4.85. The number of hydrogen-bond donors (Lipinski definition) is 2. The van der Waals surface area contributed by atoms with Crippen molar-refractivity contribution in [2.45, 2.75) is 24.9 Å². The largest absolute Gasteiger partial charge is 0.478 e. The smallest absolute Gasteiger partial charge is 0.402 e. The van der Waals surface area contributed by atoms with Crippen LogP contribution in [0.15, 0.2) is 9.31 Å². The fourth-order valence-electron chi connectivity index (χ4n) is 1.48. The van der Waals surface area contributed by atoms with Crippen LogP contribution in [0.2, 0.25) is 0 Å². The van der Waals surface area contributed by atoms with Crippen molar-refractivity contribution < 1.29 is 35.9 Å². The van der Waals surface area contributed by atoms with E-state index in [0.29, 0.717) is 0 Å². The van der Waals surface area contributed by atoms with E-state index in [1.807, 2.05) is 0 Å². The fraction of sp³-hybridized carbons (Fsp3) is 0.444. The summed E-state index contributed by atoms with van der Waals surface area (Å²) in [7, 11) is -4.62. The van der Waals surface area contributed by atoms with Gasteiger partial charge in [0.05, 0.1) is 0 Å². The Balaban J connectivity index is 3.26.